The monoisotopic (exact) mass is 229 g/mol. The van der Waals surface area contributed by atoms with Crippen LogP contribution in [-0.2, 0) is 0 Å². The van der Waals surface area contributed by atoms with Crippen LogP contribution in [0, 0.1) is 0 Å². The topological polar surface area (TPSA) is 47.0 Å². The molecule has 0 aromatic carbocycles. The lowest BCUT2D eigenvalue weighted by molar-refractivity contribution is 0.395. The van der Waals surface area contributed by atoms with Crippen LogP contribution in [0.2, 0.25) is 0 Å². The first kappa shape index (κ1) is 12.0. The first-order valence-corrected chi connectivity index (χ1v) is 5.31. The van der Waals surface area contributed by atoms with Gasteiger partial charge in [-0.05, 0) is 20.3 Å². The minimum Gasteiger partial charge on any atom is -0.480 e. The number of halogens is 1. The summed E-state index contributed by atoms with van der Waals surface area (Å²) in [7, 11) is 1.57. The molecule has 4 nitrogen and oxygen atoms in total. The Balaban J connectivity index is 2.71. The Morgan fingerprint density at radius 2 is 2.20 bits per heavy atom. The lowest BCUT2D eigenvalue weighted by Gasteiger charge is -2.25. The lowest BCUT2D eigenvalue weighted by Crippen LogP contribution is -2.31. The molecule has 0 aliphatic rings. The molecule has 1 aromatic rings. The highest BCUT2D eigenvalue weighted by molar-refractivity contribution is 6.17. The van der Waals surface area contributed by atoms with Crippen molar-refractivity contribution in [3.63, 3.8) is 0 Å². The minimum atomic E-state index is -0.0944. The SMILES string of the molecule is COc1cncc(NC(C)(C)CCCl)n1. The van der Waals surface area contributed by atoms with Gasteiger partial charge >= 0.3 is 0 Å². The van der Waals surface area contributed by atoms with Crippen LogP contribution in [0.1, 0.15) is 20.3 Å². The number of hydrogen-bond donors (Lipinski definition) is 1. The van der Waals surface area contributed by atoms with E-state index in [-0.39, 0.29) is 5.54 Å². The molecule has 1 N–H and O–H groups in total. The van der Waals surface area contributed by atoms with E-state index in [0.29, 0.717) is 17.6 Å². The zero-order valence-electron chi connectivity index (χ0n) is 9.25. The highest BCUT2D eigenvalue weighted by Crippen LogP contribution is 2.17. The number of anilines is 1. The second kappa shape index (κ2) is 5.16. The Kier molecular flexibility index (Phi) is 4.15. The van der Waals surface area contributed by atoms with E-state index in [4.69, 9.17) is 16.3 Å². The van der Waals surface area contributed by atoms with Crippen molar-refractivity contribution >= 4 is 17.4 Å². The van der Waals surface area contributed by atoms with Crippen molar-refractivity contribution in [3.05, 3.63) is 12.4 Å². The number of rotatable bonds is 5. The van der Waals surface area contributed by atoms with Gasteiger partial charge in [-0.25, -0.2) is 0 Å². The van der Waals surface area contributed by atoms with Crippen LogP contribution >= 0.6 is 11.6 Å². The Bertz CT molecular complexity index is 317. The summed E-state index contributed by atoms with van der Waals surface area (Å²) in [6.07, 6.45) is 4.09. The summed E-state index contributed by atoms with van der Waals surface area (Å²) >= 11 is 5.71. The quantitative estimate of drug-likeness (QED) is 0.788. The second-order valence-corrected chi connectivity index (χ2v) is 4.27. The highest BCUT2D eigenvalue weighted by Gasteiger charge is 2.17. The summed E-state index contributed by atoms with van der Waals surface area (Å²) in [6.45, 7) is 4.13. The maximum Gasteiger partial charge on any atom is 0.233 e. The van der Waals surface area contributed by atoms with Crippen molar-refractivity contribution in [2.75, 3.05) is 18.3 Å². The van der Waals surface area contributed by atoms with Crippen molar-refractivity contribution in [2.24, 2.45) is 0 Å². The van der Waals surface area contributed by atoms with Gasteiger partial charge in [-0.3, -0.25) is 4.98 Å². The third-order valence-corrected chi connectivity index (χ3v) is 2.20. The van der Waals surface area contributed by atoms with Crippen molar-refractivity contribution in [2.45, 2.75) is 25.8 Å². The van der Waals surface area contributed by atoms with Gasteiger partial charge in [0, 0.05) is 11.4 Å². The number of methoxy groups -OCH3 is 1. The van der Waals surface area contributed by atoms with Gasteiger partial charge in [-0.1, -0.05) is 0 Å². The predicted octanol–water partition coefficient (Wildman–Crippen LogP) is 2.30. The van der Waals surface area contributed by atoms with Crippen molar-refractivity contribution in [1.29, 1.82) is 0 Å². The summed E-state index contributed by atoms with van der Waals surface area (Å²) in [4.78, 5) is 8.24. The van der Waals surface area contributed by atoms with Crippen LogP contribution in [0.5, 0.6) is 5.88 Å². The summed E-state index contributed by atoms with van der Waals surface area (Å²) < 4.78 is 4.99. The van der Waals surface area contributed by atoms with E-state index in [0.717, 1.165) is 6.42 Å². The Labute approximate surface area is 95.0 Å². The molecule has 0 aliphatic heterocycles. The van der Waals surface area contributed by atoms with Gasteiger partial charge < -0.3 is 10.1 Å². The molecule has 84 valence electrons. The molecule has 0 amide bonds. The number of nitrogens with zero attached hydrogens (tertiary/aromatic N) is 2. The van der Waals surface area contributed by atoms with Crippen molar-refractivity contribution in [1.82, 2.24) is 9.97 Å². The van der Waals surface area contributed by atoms with E-state index in [1.807, 2.05) is 0 Å². The van der Waals surface area contributed by atoms with Gasteiger partial charge in [-0.15, -0.1) is 11.6 Å². The van der Waals surface area contributed by atoms with Gasteiger partial charge in [0.25, 0.3) is 0 Å². The van der Waals surface area contributed by atoms with Gasteiger partial charge in [0.05, 0.1) is 19.5 Å². The van der Waals surface area contributed by atoms with Gasteiger partial charge in [0.1, 0.15) is 5.82 Å². The molecule has 5 heteroatoms. The summed E-state index contributed by atoms with van der Waals surface area (Å²) in [5, 5.41) is 3.26. The van der Waals surface area contributed by atoms with E-state index >= 15 is 0 Å². The maximum absolute atomic E-state index is 5.71. The fraction of sp³-hybridized carbons (Fsp3) is 0.600. The molecule has 15 heavy (non-hydrogen) atoms. The number of alkyl halides is 1. The summed E-state index contributed by atoms with van der Waals surface area (Å²) in [5.74, 6) is 1.81. The largest absolute Gasteiger partial charge is 0.480 e. The Hall–Kier alpha value is -1.03. The molecular weight excluding hydrogens is 214 g/mol. The maximum atomic E-state index is 5.71. The van der Waals surface area contributed by atoms with Crippen molar-refractivity contribution < 1.29 is 4.74 Å². The standard InChI is InChI=1S/C10H16ClN3O/c1-10(2,4-5-11)14-8-6-12-7-9(13-8)15-3/h6-7H,4-5H2,1-3H3,(H,13,14). The van der Waals surface area contributed by atoms with Crippen molar-refractivity contribution in [3.8, 4) is 5.88 Å². The first-order chi connectivity index (χ1) is 7.07. The van der Waals surface area contributed by atoms with E-state index in [9.17, 15) is 0 Å². The highest BCUT2D eigenvalue weighted by atomic mass is 35.5. The van der Waals surface area contributed by atoms with Crippen LogP contribution in [-0.4, -0.2) is 28.5 Å². The van der Waals surface area contributed by atoms with Crippen LogP contribution in [0.4, 0.5) is 5.82 Å². The summed E-state index contributed by atoms with van der Waals surface area (Å²) in [5.41, 5.74) is -0.0944. The zero-order chi connectivity index (χ0) is 11.3. The molecule has 0 aliphatic carbocycles. The van der Waals surface area contributed by atoms with Crippen LogP contribution in [0.3, 0.4) is 0 Å². The van der Waals surface area contributed by atoms with E-state index < -0.39 is 0 Å². The molecule has 0 atom stereocenters. The Morgan fingerprint density at radius 3 is 2.80 bits per heavy atom. The van der Waals surface area contributed by atoms with Gasteiger partial charge in [0.2, 0.25) is 5.88 Å². The van der Waals surface area contributed by atoms with E-state index in [1.54, 1.807) is 19.5 Å². The molecule has 1 heterocycles. The third kappa shape index (κ3) is 3.91. The number of hydrogen-bond acceptors (Lipinski definition) is 4. The molecule has 1 aromatic heterocycles. The van der Waals surface area contributed by atoms with Crippen LogP contribution in [0.25, 0.3) is 0 Å². The third-order valence-electron chi connectivity index (χ3n) is 2.01. The van der Waals surface area contributed by atoms with E-state index in [2.05, 4.69) is 29.1 Å². The van der Waals surface area contributed by atoms with Gasteiger partial charge in [-0.2, -0.15) is 4.98 Å². The number of nitrogens with one attached hydrogen (secondary N) is 1. The molecule has 0 radical (unpaired) electrons. The molecule has 0 saturated heterocycles. The first-order valence-electron chi connectivity index (χ1n) is 4.77. The normalized spacial score (nSPS) is 11.2. The summed E-state index contributed by atoms with van der Waals surface area (Å²) in [6, 6.07) is 0. The van der Waals surface area contributed by atoms with E-state index in [1.165, 1.54) is 0 Å². The molecule has 0 bridgehead atoms. The molecule has 0 fully saturated rings. The van der Waals surface area contributed by atoms with Crippen LogP contribution < -0.4 is 10.1 Å². The Morgan fingerprint density at radius 1 is 1.47 bits per heavy atom. The predicted molar refractivity (Wildman–Crippen MR) is 61.6 cm³/mol. The molecule has 0 saturated carbocycles. The smallest absolute Gasteiger partial charge is 0.233 e. The zero-order valence-corrected chi connectivity index (χ0v) is 10.0. The number of ether oxygens (including phenoxy) is 1. The second-order valence-electron chi connectivity index (χ2n) is 3.89. The van der Waals surface area contributed by atoms with Crippen LogP contribution in [0.15, 0.2) is 12.4 Å². The fourth-order valence-electron chi connectivity index (χ4n) is 1.15. The van der Waals surface area contributed by atoms with Gasteiger partial charge in [0.15, 0.2) is 0 Å². The average molecular weight is 230 g/mol. The molecule has 0 unspecified atom stereocenters. The number of aromatic nitrogens is 2. The lowest BCUT2D eigenvalue weighted by atomic mass is 10.0. The fourth-order valence-corrected chi connectivity index (χ4v) is 1.62. The molecule has 0 spiro atoms. The minimum absolute atomic E-state index is 0.0944. The average Bonchev–Trinajstić information content (AvgIpc) is 2.17. The molecular formula is C10H16ClN3O. The molecule has 1 rings (SSSR count).